The Morgan fingerprint density at radius 2 is 2.14 bits per heavy atom. The normalized spacial score (nSPS) is 23.9. The van der Waals surface area contributed by atoms with Crippen molar-refractivity contribution >= 4 is 5.82 Å². The second kappa shape index (κ2) is 6.92. The molecule has 0 radical (unpaired) electrons. The lowest BCUT2D eigenvalue weighted by Crippen LogP contribution is -2.50. The number of morpholine rings is 1. The number of ether oxygens (including phenoxy) is 1. The van der Waals surface area contributed by atoms with Gasteiger partial charge in [-0.25, -0.2) is 9.97 Å². The Morgan fingerprint density at radius 3 is 2.95 bits per heavy atom. The molecule has 5 nitrogen and oxygen atoms in total. The summed E-state index contributed by atoms with van der Waals surface area (Å²) in [4.78, 5) is 11.8. The van der Waals surface area contributed by atoms with E-state index in [4.69, 9.17) is 4.74 Å². The Labute approximate surface area is 133 Å². The van der Waals surface area contributed by atoms with Crippen molar-refractivity contribution in [2.24, 2.45) is 0 Å². The van der Waals surface area contributed by atoms with Crippen molar-refractivity contribution in [1.29, 1.82) is 0 Å². The highest BCUT2D eigenvalue weighted by atomic mass is 16.5. The molecule has 0 saturated carbocycles. The highest BCUT2D eigenvalue weighted by Gasteiger charge is 2.24. The third-order valence-corrected chi connectivity index (χ3v) is 4.85. The van der Waals surface area contributed by atoms with Crippen LogP contribution in [0.1, 0.15) is 43.8 Å². The van der Waals surface area contributed by atoms with Crippen LogP contribution in [0.5, 0.6) is 0 Å². The Kier molecular flexibility index (Phi) is 4.93. The molecular formula is C17H28N4O. The molecule has 1 aromatic rings. The largest absolute Gasteiger partial charge is 0.379 e. The molecule has 1 saturated heterocycles. The van der Waals surface area contributed by atoms with Crippen LogP contribution in [0.15, 0.2) is 0 Å². The van der Waals surface area contributed by atoms with Crippen molar-refractivity contribution in [3.8, 4) is 0 Å². The maximum atomic E-state index is 5.53. The number of hydrogen-bond acceptors (Lipinski definition) is 5. The van der Waals surface area contributed by atoms with Gasteiger partial charge in [-0.15, -0.1) is 0 Å². The van der Waals surface area contributed by atoms with Gasteiger partial charge in [0.25, 0.3) is 0 Å². The molecule has 2 atom stereocenters. The number of nitrogens with zero attached hydrogens (tertiary/aromatic N) is 3. The number of aryl methyl sites for hydroxylation is 2. The fourth-order valence-electron chi connectivity index (χ4n) is 3.62. The van der Waals surface area contributed by atoms with E-state index in [9.17, 15) is 0 Å². The maximum Gasteiger partial charge on any atom is 0.133 e. The first kappa shape index (κ1) is 15.7. The number of hydrogen-bond donors (Lipinski definition) is 1. The van der Waals surface area contributed by atoms with Crippen LogP contribution in [-0.4, -0.2) is 53.3 Å². The van der Waals surface area contributed by atoms with Gasteiger partial charge in [0, 0.05) is 36.4 Å². The SMILES string of the molecule is Cc1nc2c(c(NCC(C)N3CCOCC3C)n1)CCCC2. The summed E-state index contributed by atoms with van der Waals surface area (Å²) >= 11 is 0. The van der Waals surface area contributed by atoms with Crippen molar-refractivity contribution in [1.82, 2.24) is 14.9 Å². The molecule has 0 bridgehead atoms. The van der Waals surface area contributed by atoms with Crippen LogP contribution in [0.3, 0.4) is 0 Å². The first-order valence-corrected chi connectivity index (χ1v) is 8.59. The van der Waals surface area contributed by atoms with Gasteiger partial charge < -0.3 is 10.1 Å². The van der Waals surface area contributed by atoms with Gasteiger partial charge in [0.15, 0.2) is 0 Å². The monoisotopic (exact) mass is 304 g/mol. The van der Waals surface area contributed by atoms with E-state index in [-0.39, 0.29) is 0 Å². The van der Waals surface area contributed by atoms with Crippen molar-refractivity contribution in [2.45, 2.75) is 58.5 Å². The van der Waals surface area contributed by atoms with Crippen molar-refractivity contribution < 1.29 is 4.74 Å². The molecule has 1 aromatic heterocycles. The summed E-state index contributed by atoms with van der Waals surface area (Å²) in [6.45, 7) is 10.1. The molecule has 22 heavy (non-hydrogen) atoms. The van der Waals surface area contributed by atoms with E-state index in [0.29, 0.717) is 12.1 Å². The third-order valence-electron chi connectivity index (χ3n) is 4.85. The van der Waals surface area contributed by atoms with Crippen LogP contribution in [-0.2, 0) is 17.6 Å². The fourth-order valence-corrected chi connectivity index (χ4v) is 3.62. The molecule has 3 rings (SSSR count). The Hall–Kier alpha value is -1.20. The van der Waals surface area contributed by atoms with Crippen molar-refractivity contribution in [3.63, 3.8) is 0 Å². The van der Waals surface area contributed by atoms with Crippen LogP contribution in [0.25, 0.3) is 0 Å². The first-order valence-electron chi connectivity index (χ1n) is 8.59. The summed E-state index contributed by atoms with van der Waals surface area (Å²) in [6.07, 6.45) is 4.72. The lowest BCUT2D eigenvalue weighted by Gasteiger charge is -2.38. The zero-order valence-corrected chi connectivity index (χ0v) is 14.1. The lowest BCUT2D eigenvalue weighted by atomic mass is 9.96. The summed E-state index contributed by atoms with van der Waals surface area (Å²) in [5.74, 6) is 1.95. The average Bonchev–Trinajstić information content (AvgIpc) is 2.52. The number of nitrogens with one attached hydrogen (secondary N) is 1. The van der Waals surface area contributed by atoms with E-state index < -0.39 is 0 Å². The quantitative estimate of drug-likeness (QED) is 0.924. The predicted octanol–water partition coefficient (Wildman–Crippen LogP) is 2.18. The molecule has 1 aliphatic heterocycles. The van der Waals surface area contributed by atoms with Gasteiger partial charge in [0.1, 0.15) is 11.6 Å². The first-order chi connectivity index (χ1) is 10.6. The molecule has 1 N–H and O–H groups in total. The average molecular weight is 304 g/mol. The zero-order chi connectivity index (χ0) is 15.5. The molecule has 122 valence electrons. The minimum Gasteiger partial charge on any atom is -0.379 e. The highest BCUT2D eigenvalue weighted by molar-refractivity contribution is 5.48. The fraction of sp³-hybridized carbons (Fsp3) is 0.765. The zero-order valence-electron chi connectivity index (χ0n) is 14.1. The molecule has 1 aliphatic carbocycles. The minimum absolute atomic E-state index is 0.480. The molecule has 0 aromatic carbocycles. The van der Waals surface area contributed by atoms with E-state index in [1.807, 2.05) is 6.92 Å². The number of anilines is 1. The van der Waals surface area contributed by atoms with Gasteiger partial charge in [-0.3, -0.25) is 4.90 Å². The van der Waals surface area contributed by atoms with Crippen LogP contribution in [0, 0.1) is 6.92 Å². The summed E-state index contributed by atoms with van der Waals surface area (Å²) in [5, 5.41) is 3.60. The van der Waals surface area contributed by atoms with Gasteiger partial charge in [-0.05, 0) is 46.5 Å². The second-order valence-electron chi connectivity index (χ2n) is 6.64. The van der Waals surface area contributed by atoms with E-state index in [1.165, 1.54) is 24.1 Å². The molecule has 2 aliphatic rings. The maximum absolute atomic E-state index is 5.53. The van der Waals surface area contributed by atoms with Gasteiger partial charge in [-0.2, -0.15) is 0 Å². The van der Waals surface area contributed by atoms with Crippen LogP contribution in [0.4, 0.5) is 5.82 Å². The van der Waals surface area contributed by atoms with Crippen molar-refractivity contribution in [2.75, 3.05) is 31.6 Å². The summed E-state index contributed by atoms with van der Waals surface area (Å²) in [7, 11) is 0. The Balaban J connectivity index is 1.67. The molecule has 2 heterocycles. The lowest BCUT2D eigenvalue weighted by molar-refractivity contribution is -0.0159. The van der Waals surface area contributed by atoms with Gasteiger partial charge in [-0.1, -0.05) is 0 Å². The minimum atomic E-state index is 0.480. The van der Waals surface area contributed by atoms with E-state index in [1.54, 1.807) is 0 Å². The topological polar surface area (TPSA) is 50.3 Å². The smallest absolute Gasteiger partial charge is 0.133 e. The van der Waals surface area contributed by atoms with Crippen LogP contribution < -0.4 is 5.32 Å². The summed E-state index contributed by atoms with van der Waals surface area (Å²) in [5.41, 5.74) is 2.60. The molecule has 0 spiro atoms. The molecule has 2 unspecified atom stereocenters. The number of fused-ring (bicyclic) bond motifs is 1. The molecule has 0 amide bonds. The third kappa shape index (κ3) is 3.41. The molecular weight excluding hydrogens is 276 g/mol. The second-order valence-corrected chi connectivity index (χ2v) is 6.64. The van der Waals surface area contributed by atoms with Crippen LogP contribution >= 0.6 is 0 Å². The Bertz CT molecular complexity index is 520. The highest BCUT2D eigenvalue weighted by Crippen LogP contribution is 2.25. The van der Waals surface area contributed by atoms with Crippen LogP contribution in [0.2, 0.25) is 0 Å². The number of rotatable bonds is 4. The van der Waals surface area contributed by atoms with Gasteiger partial charge in [0.2, 0.25) is 0 Å². The molecule has 5 heteroatoms. The van der Waals surface area contributed by atoms with E-state index >= 15 is 0 Å². The van der Waals surface area contributed by atoms with E-state index in [2.05, 4.69) is 34.0 Å². The summed E-state index contributed by atoms with van der Waals surface area (Å²) < 4.78 is 5.53. The van der Waals surface area contributed by atoms with E-state index in [0.717, 1.165) is 50.8 Å². The Morgan fingerprint density at radius 1 is 1.32 bits per heavy atom. The standard InChI is InChI=1S/C17H28N4O/c1-12(21-8-9-22-11-13(21)2)10-18-17-15-6-4-5-7-16(15)19-14(3)20-17/h12-13H,4-11H2,1-3H3,(H,18,19,20). The van der Waals surface area contributed by atoms with Gasteiger partial charge >= 0.3 is 0 Å². The number of aromatic nitrogens is 2. The van der Waals surface area contributed by atoms with Crippen molar-refractivity contribution in [3.05, 3.63) is 17.1 Å². The predicted molar refractivity (Wildman–Crippen MR) is 88.3 cm³/mol. The van der Waals surface area contributed by atoms with Gasteiger partial charge in [0.05, 0.1) is 13.2 Å². The summed E-state index contributed by atoms with van der Waals surface area (Å²) in [6, 6.07) is 0.972. The molecule has 1 fully saturated rings.